The molecule has 0 aromatic heterocycles. The molecular weight excluding hydrogens is 510 g/mol. The first-order valence-corrected chi connectivity index (χ1v) is 14.7. The summed E-state index contributed by atoms with van der Waals surface area (Å²) in [5.74, 6) is -0.454. The van der Waals surface area contributed by atoms with E-state index in [4.69, 9.17) is 0 Å². The van der Waals surface area contributed by atoms with Gasteiger partial charge in [-0.2, -0.15) is 0 Å². The summed E-state index contributed by atoms with van der Waals surface area (Å²) >= 11 is 0. The molecule has 0 bridgehead atoms. The van der Waals surface area contributed by atoms with Gasteiger partial charge in [0.2, 0.25) is 11.8 Å². The molecule has 0 unspecified atom stereocenters. The number of hydrogen-bond acceptors (Lipinski definition) is 4. The summed E-state index contributed by atoms with van der Waals surface area (Å²) in [6.07, 6.45) is 0.386. The number of aryl methyl sites for hydroxylation is 2. The van der Waals surface area contributed by atoms with Crippen molar-refractivity contribution in [3.8, 4) is 0 Å². The maximum atomic E-state index is 14.1. The molecule has 39 heavy (non-hydrogen) atoms. The lowest BCUT2D eigenvalue weighted by atomic mass is 10.1. The van der Waals surface area contributed by atoms with E-state index in [0.717, 1.165) is 21.0 Å². The maximum absolute atomic E-state index is 14.1. The number of nitrogens with zero attached hydrogens (tertiary/aromatic N) is 2. The maximum Gasteiger partial charge on any atom is 0.264 e. The predicted molar refractivity (Wildman–Crippen MR) is 156 cm³/mol. The average molecular weight is 550 g/mol. The monoisotopic (exact) mass is 549 g/mol. The molecule has 0 heterocycles. The fourth-order valence-corrected chi connectivity index (χ4v) is 5.81. The largest absolute Gasteiger partial charge is 0.354 e. The van der Waals surface area contributed by atoms with Gasteiger partial charge >= 0.3 is 0 Å². The second kappa shape index (κ2) is 13.4. The molecule has 0 aliphatic rings. The first-order valence-electron chi connectivity index (χ1n) is 13.3. The van der Waals surface area contributed by atoms with Crippen LogP contribution in [0.25, 0.3) is 0 Å². The van der Waals surface area contributed by atoms with Crippen molar-refractivity contribution in [2.75, 3.05) is 17.4 Å². The van der Waals surface area contributed by atoms with Crippen LogP contribution < -0.4 is 9.62 Å². The van der Waals surface area contributed by atoms with Crippen molar-refractivity contribution < 1.29 is 18.0 Å². The highest BCUT2D eigenvalue weighted by Crippen LogP contribution is 2.25. The third-order valence-corrected chi connectivity index (χ3v) is 8.19. The number of sulfonamides is 1. The van der Waals surface area contributed by atoms with Gasteiger partial charge in [-0.05, 0) is 61.6 Å². The van der Waals surface area contributed by atoms with Gasteiger partial charge < -0.3 is 10.2 Å². The van der Waals surface area contributed by atoms with Crippen molar-refractivity contribution >= 4 is 27.5 Å². The number of nitrogens with one attached hydrogen (secondary N) is 1. The van der Waals surface area contributed by atoms with Crippen LogP contribution in [0.4, 0.5) is 5.69 Å². The standard InChI is InChI=1S/C31H39N3O4S/c1-6-29(31(36)32-20-23(2)3)33(21-26-14-10-12-24(4)18-26)30(35)22-34(27-15-11-13-25(5)19-27)39(37,38)28-16-8-7-9-17-28/h7-19,23,29H,6,20-22H2,1-5H3,(H,32,36)/t29-/m1/s1. The molecule has 0 aliphatic heterocycles. The Balaban J connectivity index is 2.04. The summed E-state index contributed by atoms with van der Waals surface area (Å²) in [4.78, 5) is 28.9. The van der Waals surface area contributed by atoms with Crippen LogP contribution in [-0.2, 0) is 26.2 Å². The molecule has 3 rings (SSSR count). The highest BCUT2D eigenvalue weighted by atomic mass is 32.2. The third kappa shape index (κ3) is 7.93. The highest BCUT2D eigenvalue weighted by Gasteiger charge is 2.33. The van der Waals surface area contributed by atoms with Crippen LogP contribution >= 0.6 is 0 Å². The van der Waals surface area contributed by atoms with E-state index >= 15 is 0 Å². The second-order valence-corrected chi connectivity index (χ2v) is 12.1. The molecule has 8 heteroatoms. The molecule has 2 amide bonds. The van der Waals surface area contributed by atoms with Crippen molar-refractivity contribution in [3.05, 3.63) is 95.6 Å². The van der Waals surface area contributed by atoms with Gasteiger partial charge in [-0.25, -0.2) is 8.42 Å². The van der Waals surface area contributed by atoms with E-state index in [-0.39, 0.29) is 23.3 Å². The van der Waals surface area contributed by atoms with E-state index < -0.39 is 28.5 Å². The Morgan fingerprint density at radius 2 is 1.51 bits per heavy atom. The Hall–Kier alpha value is -3.65. The van der Waals surface area contributed by atoms with E-state index in [0.29, 0.717) is 18.7 Å². The number of rotatable bonds is 12. The number of carbonyl (C=O) groups is 2. The van der Waals surface area contributed by atoms with Gasteiger partial charge in [0.1, 0.15) is 12.6 Å². The van der Waals surface area contributed by atoms with Gasteiger partial charge in [0.25, 0.3) is 10.0 Å². The minimum Gasteiger partial charge on any atom is -0.354 e. The van der Waals surface area contributed by atoms with Crippen LogP contribution in [0.15, 0.2) is 83.8 Å². The Bertz CT molecular complexity index is 1370. The van der Waals surface area contributed by atoms with Crippen molar-refractivity contribution in [3.63, 3.8) is 0 Å². The molecule has 208 valence electrons. The smallest absolute Gasteiger partial charge is 0.264 e. The van der Waals surface area contributed by atoms with E-state index in [1.165, 1.54) is 17.0 Å². The SMILES string of the molecule is CC[C@H](C(=O)NCC(C)C)N(Cc1cccc(C)c1)C(=O)CN(c1cccc(C)c1)S(=O)(=O)c1ccccc1. The van der Waals surface area contributed by atoms with Gasteiger partial charge in [0.05, 0.1) is 10.6 Å². The van der Waals surface area contributed by atoms with Crippen molar-refractivity contribution in [1.29, 1.82) is 0 Å². The van der Waals surface area contributed by atoms with Crippen LogP contribution in [0.1, 0.15) is 43.9 Å². The summed E-state index contributed by atoms with van der Waals surface area (Å²) in [6.45, 7) is 9.93. The number of hydrogen-bond donors (Lipinski definition) is 1. The number of benzene rings is 3. The predicted octanol–water partition coefficient (Wildman–Crippen LogP) is 5.08. The van der Waals surface area contributed by atoms with Crippen molar-refractivity contribution in [1.82, 2.24) is 10.2 Å². The van der Waals surface area contributed by atoms with Gasteiger partial charge in [0.15, 0.2) is 0 Å². The molecule has 0 fully saturated rings. The van der Waals surface area contributed by atoms with Crippen LogP contribution in [0.5, 0.6) is 0 Å². The van der Waals surface area contributed by atoms with E-state index in [1.54, 1.807) is 36.4 Å². The summed E-state index contributed by atoms with van der Waals surface area (Å²) in [5.41, 5.74) is 3.15. The first kappa shape index (κ1) is 29.9. The summed E-state index contributed by atoms with van der Waals surface area (Å²) in [7, 11) is -4.07. The zero-order valence-corrected chi connectivity index (χ0v) is 24.2. The topological polar surface area (TPSA) is 86.8 Å². The quantitative estimate of drug-likeness (QED) is 0.341. The lowest BCUT2D eigenvalue weighted by Gasteiger charge is -2.33. The molecule has 7 nitrogen and oxygen atoms in total. The fourth-order valence-electron chi connectivity index (χ4n) is 4.38. The van der Waals surface area contributed by atoms with Crippen LogP contribution in [-0.4, -0.2) is 44.3 Å². The molecule has 1 N–H and O–H groups in total. The highest BCUT2D eigenvalue weighted by molar-refractivity contribution is 7.92. The van der Waals surface area contributed by atoms with E-state index in [9.17, 15) is 18.0 Å². The van der Waals surface area contributed by atoms with Crippen LogP contribution in [0.2, 0.25) is 0 Å². The average Bonchev–Trinajstić information content (AvgIpc) is 2.90. The zero-order valence-electron chi connectivity index (χ0n) is 23.4. The molecule has 1 atom stereocenters. The number of anilines is 1. The molecule has 0 spiro atoms. The van der Waals surface area contributed by atoms with E-state index in [2.05, 4.69) is 5.32 Å². The van der Waals surface area contributed by atoms with Crippen LogP contribution in [0.3, 0.4) is 0 Å². The molecule has 3 aromatic rings. The molecule has 0 radical (unpaired) electrons. The minimum atomic E-state index is -4.07. The fraction of sp³-hybridized carbons (Fsp3) is 0.355. The number of amides is 2. The minimum absolute atomic E-state index is 0.0891. The first-order chi connectivity index (χ1) is 18.5. The normalized spacial score (nSPS) is 12.2. The Labute approximate surface area is 232 Å². The molecular formula is C31H39N3O4S. The zero-order chi connectivity index (χ0) is 28.6. The summed E-state index contributed by atoms with van der Waals surface area (Å²) in [5, 5.41) is 2.95. The molecule has 0 aliphatic carbocycles. The lowest BCUT2D eigenvalue weighted by Crippen LogP contribution is -2.52. The molecule has 3 aromatic carbocycles. The Morgan fingerprint density at radius 1 is 0.872 bits per heavy atom. The van der Waals surface area contributed by atoms with Gasteiger partial charge in [-0.3, -0.25) is 13.9 Å². The Kier molecular flexibility index (Phi) is 10.3. The van der Waals surface area contributed by atoms with Gasteiger partial charge in [-0.1, -0.05) is 80.9 Å². The molecule has 0 saturated heterocycles. The van der Waals surface area contributed by atoms with Crippen LogP contribution in [0, 0.1) is 19.8 Å². The number of carbonyl (C=O) groups excluding carboxylic acids is 2. The molecule has 0 saturated carbocycles. The van der Waals surface area contributed by atoms with Crippen molar-refractivity contribution in [2.45, 2.75) is 58.5 Å². The summed E-state index contributed by atoms with van der Waals surface area (Å²) < 4.78 is 28.8. The van der Waals surface area contributed by atoms with Gasteiger partial charge in [-0.15, -0.1) is 0 Å². The third-order valence-electron chi connectivity index (χ3n) is 6.41. The van der Waals surface area contributed by atoms with Gasteiger partial charge in [0, 0.05) is 13.1 Å². The van der Waals surface area contributed by atoms with Crippen molar-refractivity contribution in [2.24, 2.45) is 5.92 Å². The second-order valence-electron chi connectivity index (χ2n) is 10.2. The summed E-state index contributed by atoms with van der Waals surface area (Å²) in [6, 6.07) is 22.1. The lowest BCUT2D eigenvalue weighted by molar-refractivity contribution is -0.140. The van der Waals surface area contributed by atoms with E-state index in [1.807, 2.05) is 65.0 Å². The Morgan fingerprint density at radius 3 is 2.10 bits per heavy atom.